The van der Waals surface area contributed by atoms with Crippen molar-refractivity contribution in [1.29, 1.82) is 0 Å². The molecule has 0 aromatic carbocycles. The van der Waals surface area contributed by atoms with Crippen molar-refractivity contribution < 1.29 is 9.32 Å². The van der Waals surface area contributed by atoms with Crippen LogP contribution in [0.1, 0.15) is 58.3 Å². The van der Waals surface area contributed by atoms with Crippen molar-refractivity contribution in [3.63, 3.8) is 0 Å². The second-order valence-corrected chi connectivity index (χ2v) is 5.39. The van der Waals surface area contributed by atoms with Crippen molar-refractivity contribution in [2.45, 2.75) is 52.0 Å². The van der Waals surface area contributed by atoms with Crippen LogP contribution in [0, 0.1) is 0 Å². The molecule has 3 N–H and O–H groups in total. The van der Waals surface area contributed by atoms with E-state index in [1.807, 2.05) is 27.7 Å². The molecule has 0 aliphatic carbocycles. The Morgan fingerprint density at radius 2 is 2.11 bits per heavy atom. The maximum atomic E-state index is 11.5. The number of nitrogens with one attached hydrogen (secondary N) is 1. The molecule has 19 heavy (non-hydrogen) atoms. The molecule has 0 aliphatic heterocycles. The predicted molar refractivity (Wildman–Crippen MR) is 75.1 cm³/mol. The Bertz CT molecular complexity index is 401. The van der Waals surface area contributed by atoms with E-state index in [-0.39, 0.29) is 29.8 Å². The van der Waals surface area contributed by atoms with E-state index in [1.54, 1.807) is 0 Å². The Morgan fingerprint density at radius 3 is 2.58 bits per heavy atom. The van der Waals surface area contributed by atoms with Crippen LogP contribution < -0.4 is 11.1 Å². The van der Waals surface area contributed by atoms with Crippen LogP contribution in [0.2, 0.25) is 0 Å². The van der Waals surface area contributed by atoms with Gasteiger partial charge < -0.3 is 15.6 Å². The van der Waals surface area contributed by atoms with E-state index in [1.165, 1.54) is 0 Å². The summed E-state index contributed by atoms with van der Waals surface area (Å²) in [5.74, 6) is 1.02. The molecular weight excluding hydrogens is 268 g/mol. The summed E-state index contributed by atoms with van der Waals surface area (Å²) in [5, 5.41) is 6.73. The average Bonchev–Trinajstić information content (AvgIpc) is 2.75. The molecule has 0 saturated heterocycles. The summed E-state index contributed by atoms with van der Waals surface area (Å²) < 4.78 is 5.16. The third kappa shape index (κ3) is 5.57. The van der Waals surface area contributed by atoms with Crippen molar-refractivity contribution in [1.82, 2.24) is 15.5 Å². The summed E-state index contributed by atoms with van der Waals surface area (Å²) in [4.78, 5) is 15.8. The Balaban J connectivity index is 0.00000324. The second kappa shape index (κ2) is 7.45. The van der Waals surface area contributed by atoms with E-state index in [0.29, 0.717) is 31.1 Å². The molecule has 1 heterocycles. The molecule has 0 aliphatic rings. The molecule has 0 spiro atoms. The Morgan fingerprint density at radius 1 is 1.47 bits per heavy atom. The fourth-order valence-electron chi connectivity index (χ4n) is 1.35. The van der Waals surface area contributed by atoms with Crippen LogP contribution in [-0.2, 0) is 10.2 Å². The van der Waals surface area contributed by atoms with Crippen LogP contribution in [0.4, 0.5) is 0 Å². The van der Waals surface area contributed by atoms with Gasteiger partial charge in [0, 0.05) is 11.8 Å². The third-order valence-corrected chi connectivity index (χ3v) is 2.47. The number of carbonyl (C=O) groups excluding carboxylic acids is 1. The van der Waals surface area contributed by atoms with Gasteiger partial charge in [0.25, 0.3) is 0 Å². The number of carbonyl (C=O) groups is 1. The standard InChI is InChI=1S/C12H22N4O2.ClH/c1-8(14-9(17)6-5-7-13)10-15-11(16-18-10)12(2,3)4;/h8H,5-7,13H2,1-4H3,(H,14,17);1H. The van der Waals surface area contributed by atoms with Gasteiger partial charge in [-0.15, -0.1) is 12.4 Å². The van der Waals surface area contributed by atoms with Crippen LogP contribution in [0.3, 0.4) is 0 Å². The number of hydrogen-bond donors (Lipinski definition) is 2. The smallest absolute Gasteiger partial charge is 0.248 e. The Hall–Kier alpha value is -1.14. The zero-order valence-electron chi connectivity index (χ0n) is 11.9. The molecule has 1 aromatic heterocycles. The highest BCUT2D eigenvalue weighted by Gasteiger charge is 2.23. The van der Waals surface area contributed by atoms with Gasteiger partial charge in [-0.05, 0) is 19.9 Å². The van der Waals surface area contributed by atoms with Gasteiger partial charge in [-0.1, -0.05) is 25.9 Å². The first-order valence-electron chi connectivity index (χ1n) is 6.18. The molecule has 0 fully saturated rings. The van der Waals surface area contributed by atoms with Crippen LogP contribution in [0.25, 0.3) is 0 Å². The lowest BCUT2D eigenvalue weighted by atomic mass is 9.96. The molecular formula is C12H23ClN4O2. The summed E-state index contributed by atoms with van der Waals surface area (Å²) in [7, 11) is 0. The molecule has 6 nitrogen and oxygen atoms in total. The summed E-state index contributed by atoms with van der Waals surface area (Å²) in [6.07, 6.45) is 1.09. The minimum atomic E-state index is -0.279. The molecule has 7 heteroatoms. The Labute approximate surface area is 119 Å². The summed E-state index contributed by atoms with van der Waals surface area (Å²) >= 11 is 0. The highest BCUT2D eigenvalue weighted by molar-refractivity contribution is 5.85. The van der Waals surface area contributed by atoms with E-state index < -0.39 is 0 Å². The first kappa shape index (κ1) is 17.9. The number of rotatable bonds is 5. The molecule has 0 saturated carbocycles. The average molecular weight is 291 g/mol. The minimum absolute atomic E-state index is 0. The number of halogens is 1. The van der Waals surface area contributed by atoms with Gasteiger partial charge in [0.2, 0.25) is 11.8 Å². The first-order chi connectivity index (χ1) is 8.34. The molecule has 110 valence electrons. The highest BCUT2D eigenvalue weighted by atomic mass is 35.5. The molecule has 1 aromatic rings. The van der Waals surface area contributed by atoms with E-state index >= 15 is 0 Å². The quantitative estimate of drug-likeness (QED) is 0.861. The van der Waals surface area contributed by atoms with E-state index in [9.17, 15) is 4.79 Å². The van der Waals surface area contributed by atoms with Crippen LogP contribution in [0.5, 0.6) is 0 Å². The fourth-order valence-corrected chi connectivity index (χ4v) is 1.35. The van der Waals surface area contributed by atoms with Gasteiger partial charge in [0.05, 0.1) is 0 Å². The van der Waals surface area contributed by atoms with Crippen molar-refractivity contribution in [3.05, 3.63) is 11.7 Å². The summed E-state index contributed by atoms with van der Waals surface area (Å²) in [6.45, 7) is 8.35. The topological polar surface area (TPSA) is 94.0 Å². The van der Waals surface area contributed by atoms with Crippen molar-refractivity contribution in [2.75, 3.05) is 6.54 Å². The maximum absolute atomic E-state index is 11.5. The van der Waals surface area contributed by atoms with Gasteiger partial charge in [-0.2, -0.15) is 4.98 Å². The van der Waals surface area contributed by atoms with Gasteiger partial charge in [0.1, 0.15) is 6.04 Å². The number of amides is 1. The number of nitrogens with zero attached hydrogens (tertiary/aromatic N) is 2. The highest BCUT2D eigenvalue weighted by Crippen LogP contribution is 2.20. The van der Waals surface area contributed by atoms with Gasteiger partial charge in [0.15, 0.2) is 5.82 Å². The van der Waals surface area contributed by atoms with E-state index in [2.05, 4.69) is 15.5 Å². The number of aromatic nitrogens is 2. The summed E-state index contributed by atoms with van der Waals surface area (Å²) in [6, 6.07) is -0.279. The fraction of sp³-hybridized carbons (Fsp3) is 0.750. The molecule has 1 amide bonds. The van der Waals surface area contributed by atoms with Crippen LogP contribution >= 0.6 is 12.4 Å². The van der Waals surface area contributed by atoms with Crippen molar-refractivity contribution in [2.24, 2.45) is 5.73 Å². The van der Waals surface area contributed by atoms with Crippen molar-refractivity contribution in [3.8, 4) is 0 Å². The van der Waals surface area contributed by atoms with Gasteiger partial charge in [-0.25, -0.2) is 0 Å². The number of hydrogen-bond acceptors (Lipinski definition) is 5. The molecule has 1 unspecified atom stereocenters. The number of nitrogens with two attached hydrogens (primary N) is 1. The maximum Gasteiger partial charge on any atom is 0.248 e. The molecule has 0 bridgehead atoms. The normalized spacial score (nSPS) is 12.7. The molecule has 1 rings (SSSR count). The van der Waals surface area contributed by atoms with E-state index in [0.717, 1.165) is 0 Å². The SMILES string of the molecule is CC(NC(=O)CCCN)c1nc(C(C)(C)C)no1.Cl. The third-order valence-electron chi connectivity index (χ3n) is 2.47. The Kier molecular flexibility index (Phi) is 7.00. The molecule has 1 atom stereocenters. The van der Waals surface area contributed by atoms with Gasteiger partial charge >= 0.3 is 0 Å². The zero-order chi connectivity index (χ0) is 13.8. The van der Waals surface area contributed by atoms with Crippen molar-refractivity contribution >= 4 is 18.3 Å². The van der Waals surface area contributed by atoms with E-state index in [4.69, 9.17) is 10.3 Å². The largest absolute Gasteiger partial charge is 0.345 e. The lowest BCUT2D eigenvalue weighted by molar-refractivity contribution is -0.121. The summed E-state index contributed by atoms with van der Waals surface area (Å²) in [5.41, 5.74) is 5.19. The van der Waals surface area contributed by atoms with Crippen LogP contribution in [0.15, 0.2) is 4.52 Å². The lowest BCUT2D eigenvalue weighted by Gasteiger charge is -2.11. The lowest BCUT2D eigenvalue weighted by Crippen LogP contribution is -2.27. The second-order valence-electron chi connectivity index (χ2n) is 5.39. The molecule has 0 radical (unpaired) electrons. The monoisotopic (exact) mass is 290 g/mol. The van der Waals surface area contributed by atoms with Gasteiger partial charge in [-0.3, -0.25) is 4.79 Å². The minimum Gasteiger partial charge on any atom is -0.345 e. The zero-order valence-corrected chi connectivity index (χ0v) is 12.7. The predicted octanol–water partition coefficient (Wildman–Crippen LogP) is 1.71. The van der Waals surface area contributed by atoms with Crippen LogP contribution in [-0.4, -0.2) is 22.6 Å². The first-order valence-corrected chi connectivity index (χ1v) is 6.18.